The van der Waals surface area contributed by atoms with Crippen LogP contribution in [0, 0.1) is 18.6 Å². The van der Waals surface area contributed by atoms with E-state index in [9.17, 15) is 22.0 Å². The van der Waals surface area contributed by atoms with Crippen molar-refractivity contribution in [3.05, 3.63) is 59.4 Å². The number of amides is 1. The monoisotopic (exact) mass is 422 g/mol. The first-order chi connectivity index (χ1) is 13.7. The molecule has 0 saturated heterocycles. The van der Waals surface area contributed by atoms with Crippen LogP contribution in [0.1, 0.15) is 23.1 Å². The Hall–Kier alpha value is -3.25. The van der Waals surface area contributed by atoms with E-state index in [-0.39, 0.29) is 17.1 Å². The van der Waals surface area contributed by atoms with E-state index in [0.29, 0.717) is 11.5 Å². The molecule has 3 aromatic rings. The predicted octanol–water partition coefficient (Wildman–Crippen LogP) is 1.80. The van der Waals surface area contributed by atoms with E-state index in [4.69, 9.17) is 0 Å². The molecule has 152 valence electrons. The number of halogens is 2. The Labute approximate surface area is 164 Å². The van der Waals surface area contributed by atoms with Crippen LogP contribution in [0.3, 0.4) is 0 Å². The molecule has 0 unspecified atom stereocenters. The number of carbonyl (C=O) groups is 1. The van der Waals surface area contributed by atoms with E-state index in [1.807, 2.05) is 0 Å². The molecule has 0 radical (unpaired) electrons. The molecule has 0 aliphatic carbocycles. The van der Waals surface area contributed by atoms with Gasteiger partial charge in [0, 0.05) is 6.54 Å². The number of nitrogens with zero attached hydrogens (tertiary/aromatic N) is 4. The van der Waals surface area contributed by atoms with Gasteiger partial charge in [-0.1, -0.05) is 6.92 Å². The molecular formula is C17H16F2N6O3S. The molecule has 0 aliphatic rings. The second-order valence-corrected chi connectivity index (χ2v) is 7.67. The summed E-state index contributed by atoms with van der Waals surface area (Å²) in [5.74, 6) is -2.31. The third kappa shape index (κ3) is 4.27. The maximum absolute atomic E-state index is 14.2. The highest BCUT2D eigenvalue weighted by Gasteiger charge is 2.20. The molecule has 1 amide bonds. The van der Waals surface area contributed by atoms with Gasteiger partial charge in [-0.25, -0.2) is 21.9 Å². The number of nitrogens with one attached hydrogen (secondary N) is 2. The summed E-state index contributed by atoms with van der Waals surface area (Å²) in [5.41, 5.74) is -0.428. The Kier molecular flexibility index (Phi) is 5.66. The predicted molar refractivity (Wildman–Crippen MR) is 99.1 cm³/mol. The number of aryl methyl sites for hydroxylation is 1. The highest BCUT2D eigenvalue weighted by Crippen LogP contribution is 2.21. The summed E-state index contributed by atoms with van der Waals surface area (Å²) in [4.78, 5) is 12.2. The van der Waals surface area contributed by atoms with Gasteiger partial charge in [-0.2, -0.15) is 4.68 Å². The second kappa shape index (κ2) is 8.01. The first-order valence-corrected chi connectivity index (χ1v) is 9.86. The second-order valence-electron chi connectivity index (χ2n) is 5.90. The van der Waals surface area contributed by atoms with Crippen LogP contribution in [0.4, 0.5) is 14.5 Å². The van der Waals surface area contributed by atoms with E-state index in [1.54, 1.807) is 13.8 Å². The van der Waals surface area contributed by atoms with E-state index in [0.717, 1.165) is 24.3 Å². The fourth-order valence-corrected chi connectivity index (χ4v) is 3.59. The molecule has 3 rings (SSSR count). The maximum atomic E-state index is 14.2. The average molecular weight is 422 g/mol. The molecule has 1 heterocycles. The van der Waals surface area contributed by atoms with E-state index < -0.39 is 33.1 Å². The van der Waals surface area contributed by atoms with Gasteiger partial charge in [-0.3, -0.25) is 4.79 Å². The number of sulfonamides is 1. The van der Waals surface area contributed by atoms with Gasteiger partial charge in [0.25, 0.3) is 5.91 Å². The highest BCUT2D eigenvalue weighted by atomic mass is 32.2. The van der Waals surface area contributed by atoms with Crippen LogP contribution in [-0.2, 0) is 10.0 Å². The molecule has 0 spiro atoms. The minimum atomic E-state index is -3.90. The van der Waals surface area contributed by atoms with E-state index in [1.165, 1.54) is 16.8 Å². The molecule has 0 atom stereocenters. The van der Waals surface area contributed by atoms with Gasteiger partial charge in [0.05, 0.1) is 21.8 Å². The molecule has 1 aromatic heterocycles. The van der Waals surface area contributed by atoms with E-state index >= 15 is 0 Å². The number of carbonyl (C=O) groups excluding carboxylic acids is 1. The largest absolute Gasteiger partial charge is 0.319 e. The van der Waals surface area contributed by atoms with Crippen molar-refractivity contribution in [1.29, 1.82) is 0 Å². The van der Waals surface area contributed by atoms with Crippen molar-refractivity contribution in [1.82, 2.24) is 24.9 Å². The molecule has 0 aliphatic heterocycles. The summed E-state index contributed by atoms with van der Waals surface area (Å²) in [6.07, 6.45) is 0. The SMILES string of the molecule is CCNS(=O)(=O)c1ccc(F)c(C(=O)Nc2cc(-n3nnnc3C)ccc2F)c1. The van der Waals surface area contributed by atoms with Crippen LogP contribution < -0.4 is 10.0 Å². The highest BCUT2D eigenvalue weighted by molar-refractivity contribution is 7.89. The fourth-order valence-electron chi connectivity index (χ4n) is 2.52. The fraction of sp³-hybridized carbons (Fsp3) is 0.176. The van der Waals surface area contributed by atoms with Gasteiger partial charge < -0.3 is 5.32 Å². The summed E-state index contributed by atoms with van der Waals surface area (Å²) in [6, 6.07) is 6.54. The zero-order valence-electron chi connectivity index (χ0n) is 15.3. The summed E-state index contributed by atoms with van der Waals surface area (Å²) in [7, 11) is -3.90. The van der Waals surface area contributed by atoms with Crippen molar-refractivity contribution >= 4 is 21.6 Å². The van der Waals surface area contributed by atoms with Gasteiger partial charge in [0.1, 0.15) is 11.6 Å². The Balaban J connectivity index is 1.94. The van der Waals surface area contributed by atoms with Gasteiger partial charge in [0.2, 0.25) is 10.0 Å². The normalized spacial score (nSPS) is 11.4. The number of rotatable bonds is 6. The lowest BCUT2D eigenvalue weighted by Crippen LogP contribution is -2.24. The molecular weight excluding hydrogens is 406 g/mol. The minimum absolute atomic E-state index is 0.121. The molecule has 9 nitrogen and oxygen atoms in total. The van der Waals surface area contributed by atoms with Crippen molar-refractivity contribution in [3.8, 4) is 5.69 Å². The number of anilines is 1. The van der Waals surface area contributed by atoms with Crippen molar-refractivity contribution < 1.29 is 22.0 Å². The third-order valence-electron chi connectivity index (χ3n) is 3.90. The zero-order valence-corrected chi connectivity index (χ0v) is 16.2. The van der Waals surface area contributed by atoms with Crippen LogP contribution in [0.15, 0.2) is 41.3 Å². The van der Waals surface area contributed by atoms with Crippen LogP contribution in [0.5, 0.6) is 0 Å². The molecule has 12 heteroatoms. The van der Waals surface area contributed by atoms with Crippen molar-refractivity contribution in [2.75, 3.05) is 11.9 Å². The first kappa shape index (κ1) is 20.5. The smallest absolute Gasteiger partial charge is 0.258 e. The number of tetrazole rings is 1. The number of aromatic nitrogens is 4. The lowest BCUT2D eigenvalue weighted by Gasteiger charge is -2.11. The van der Waals surface area contributed by atoms with Crippen LogP contribution in [0.2, 0.25) is 0 Å². The molecule has 0 saturated carbocycles. The Morgan fingerprint density at radius 3 is 2.52 bits per heavy atom. The Bertz CT molecular complexity index is 1180. The summed E-state index contributed by atoms with van der Waals surface area (Å²) in [6.45, 7) is 3.33. The van der Waals surface area contributed by atoms with Gasteiger partial charge in [-0.05, 0) is 53.7 Å². The number of benzene rings is 2. The summed E-state index contributed by atoms with van der Waals surface area (Å²) in [5, 5.41) is 13.2. The summed E-state index contributed by atoms with van der Waals surface area (Å²) < 4.78 is 56.1. The van der Waals surface area contributed by atoms with Crippen molar-refractivity contribution in [2.45, 2.75) is 18.7 Å². The Morgan fingerprint density at radius 2 is 1.86 bits per heavy atom. The molecule has 29 heavy (non-hydrogen) atoms. The van der Waals surface area contributed by atoms with Gasteiger partial charge >= 0.3 is 0 Å². The number of hydrogen-bond donors (Lipinski definition) is 2. The van der Waals surface area contributed by atoms with Crippen molar-refractivity contribution in [2.24, 2.45) is 0 Å². The molecule has 0 fully saturated rings. The summed E-state index contributed by atoms with van der Waals surface area (Å²) >= 11 is 0. The quantitative estimate of drug-likeness (QED) is 0.625. The van der Waals surface area contributed by atoms with Gasteiger partial charge in [0.15, 0.2) is 5.82 Å². The standard InChI is InChI=1S/C17H16F2N6O3S/c1-3-20-29(27,28)12-5-7-14(18)13(9-12)17(26)21-16-8-11(4-6-15(16)19)25-10(2)22-23-24-25/h4-9,20H,3H2,1-2H3,(H,21,26). The zero-order chi connectivity index (χ0) is 21.2. The van der Waals surface area contributed by atoms with E-state index in [2.05, 4.69) is 25.6 Å². The maximum Gasteiger partial charge on any atom is 0.258 e. The minimum Gasteiger partial charge on any atom is -0.319 e. The number of hydrogen-bond acceptors (Lipinski definition) is 6. The molecule has 0 bridgehead atoms. The molecule has 2 aromatic carbocycles. The van der Waals surface area contributed by atoms with Crippen LogP contribution >= 0.6 is 0 Å². The topological polar surface area (TPSA) is 119 Å². The average Bonchev–Trinajstić information content (AvgIpc) is 3.09. The van der Waals surface area contributed by atoms with Crippen LogP contribution in [0.25, 0.3) is 5.69 Å². The first-order valence-electron chi connectivity index (χ1n) is 8.38. The van der Waals surface area contributed by atoms with Gasteiger partial charge in [-0.15, -0.1) is 5.10 Å². The third-order valence-corrected chi connectivity index (χ3v) is 5.44. The lowest BCUT2D eigenvalue weighted by molar-refractivity contribution is 0.102. The molecule has 2 N–H and O–H groups in total. The van der Waals surface area contributed by atoms with Crippen molar-refractivity contribution in [3.63, 3.8) is 0 Å². The lowest BCUT2D eigenvalue weighted by atomic mass is 10.2. The van der Waals surface area contributed by atoms with Crippen LogP contribution in [-0.4, -0.2) is 41.1 Å². The Morgan fingerprint density at radius 1 is 1.14 bits per heavy atom.